The van der Waals surface area contributed by atoms with E-state index in [-0.39, 0.29) is 17.0 Å². The second-order valence-corrected chi connectivity index (χ2v) is 6.30. The first-order valence-corrected chi connectivity index (χ1v) is 8.01. The summed E-state index contributed by atoms with van der Waals surface area (Å²) in [6.07, 6.45) is -7.08. The van der Waals surface area contributed by atoms with Crippen LogP contribution in [0, 0.1) is 0 Å². The van der Waals surface area contributed by atoms with Gasteiger partial charge in [-0.25, -0.2) is 9.38 Å². The van der Waals surface area contributed by atoms with E-state index in [9.17, 15) is 22.4 Å². The van der Waals surface area contributed by atoms with Gasteiger partial charge in [-0.2, -0.15) is 13.2 Å². The number of rotatable bonds is 2. The summed E-state index contributed by atoms with van der Waals surface area (Å²) in [5.74, 6) is -1.34. The van der Waals surface area contributed by atoms with Crippen LogP contribution in [0.25, 0.3) is 0 Å². The molecule has 0 aromatic heterocycles. The summed E-state index contributed by atoms with van der Waals surface area (Å²) >= 11 is 3.25. The maximum Gasteiger partial charge on any atom is 0.406 e. The number of nitrogens with zero attached hydrogens (tertiary/aromatic N) is 2. The first-order chi connectivity index (χ1) is 11.8. The van der Waals surface area contributed by atoms with Crippen molar-refractivity contribution in [2.45, 2.75) is 12.5 Å². The van der Waals surface area contributed by atoms with Gasteiger partial charge in [0.1, 0.15) is 6.54 Å². The van der Waals surface area contributed by atoms with Gasteiger partial charge in [-0.1, -0.05) is 46.3 Å². The molecule has 0 saturated carbocycles. The van der Waals surface area contributed by atoms with Crippen LogP contribution in [-0.4, -0.2) is 30.6 Å². The summed E-state index contributed by atoms with van der Waals surface area (Å²) < 4.78 is 53.6. The maximum atomic E-state index is 14.3. The van der Waals surface area contributed by atoms with Crippen molar-refractivity contribution >= 4 is 33.2 Å². The van der Waals surface area contributed by atoms with E-state index in [2.05, 4.69) is 20.9 Å². The van der Waals surface area contributed by atoms with E-state index in [0.29, 0.717) is 14.9 Å². The van der Waals surface area contributed by atoms with Crippen LogP contribution in [0.4, 0.5) is 23.2 Å². The van der Waals surface area contributed by atoms with Gasteiger partial charge in [-0.3, -0.25) is 9.69 Å². The number of aliphatic imine (C=N–C) groups is 1. The predicted octanol–water partition coefficient (Wildman–Crippen LogP) is 4.49. The van der Waals surface area contributed by atoms with Crippen LogP contribution in [0.2, 0.25) is 0 Å². The zero-order chi connectivity index (χ0) is 18.2. The van der Waals surface area contributed by atoms with E-state index in [0.717, 1.165) is 0 Å². The number of benzodiazepines with no additional fused rings is 1. The van der Waals surface area contributed by atoms with Gasteiger partial charge in [-0.05, 0) is 18.2 Å². The van der Waals surface area contributed by atoms with Crippen molar-refractivity contribution in [3.8, 4) is 0 Å². The predicted molar refractivity (Wildman–Crippen MR) is 89.5 cm³/mol. The molecule has 3 rings (SSSR count). The summed E-state index contributed by atoms with van der Waals surface area (Å²) in [6, 6.07) is 12.8. The molecule has 0 spiro atoms. The zero-order valence-electron chi connectivity index (χ0n) is 12.6. The van der Waals surface area contributed by atoms with Crippen LogP contribution < -0.4 is 4.90 Å². The Kier molecular flexibility index (Phi) is 4.64. The lowest BCUT2D eigenvalue weighted by molar-refractivity contribution is -0.135. The Morgan fingerprint density at radius 3 is 2.44 bits per heavy atom. The average Bonchev–Trinajstić information content (AvgIpc) is 2.65. The standard InChI is InChI=1S/C17H11BrF4N2O/c18-11-6-7-13-12(8-11)14(10-4-2-1-3-5-10)23-15(19)16(25)24(13)9-17(20,21)22/h1-8,15H,9H2. The quantitative estimate of drug-likeness (QED) is 0.526. The van der Waals surface area contributed by atoms with Crippen molar-refractivity contribution in [3.63, 3.8) is 0 Å². The second-order valence-electron chi connectivity index (χ2n) is 5.38. The first-order valence-electron chi connectivity index (χ1n) is 7.21. The lowest BCUT2D eigenvalue weighted by Crippen LogP contribution is -2.42. The van der Waals surface area contributed by atoms with Crippen molar-refractivity contribution in [1.29, 1.82) is 0 Å². The number of hydrogen-bond donors (Lipinski definition) is 0. The SMILES string of the molecule is O=C1C(F)N=C(c2ccccc2)c2cc(Br)ccc2N1CC(F)(F)F. The molecule has 0 radical (unpaired) electrons. The van der Waals surface area contributed by atoms with E-state index in [1.807, 2.05) is 0 Å². The van der Waals surface area contributed by atoms with Gasteiger partial charge in [0.2, 0.25) is 0 Å². The van der Waals surface area contributed by atoms with Gasteiger partial charge < -0.3 is 0 Å². The fraction of sp³-hybridized carbons (Fsp3) is 0.176. The lowest BCUT2D eigenvalue weighted by Gasteiger charge is -2.24. The maximum absolute atomic E-state index is 14.3. The van der Waals surface area contributed by atoms with Gasteiger partial charge in [0, 0.05) is 15.6 Å². The third kappa shape index (κ3) is 3.73. The highest BCUT2D eigenvalue weighted by atomic mass is 79.9. The number of anilines is 1. The minimum Gasteiger partial charge on any atom is -0.298 e. The summed E-state index contributed by atoms with van der Waals surface area (Å²) in [6.45, 7) is -1.58. The van der Waals surface area contributed by atoms with E-state index >= 15 is 0 Å². The van der Waals surface area contributed by atoms with Crippen molar-refractivity contribution in [1.82, 2.24) is 0 Å². The first kappa shape index (κ1) is 17.6. The molecule has 2 aromatic carbocycles. The number of carbonyl (C=O) groups excluding carboxylic acids is 1. The number of amides is 1. The van der Waals surface area contributed by atoms with E-state index < -0.39 is 24.9 Å². The summed E-state index contributed by atoms with van der Waals surface area (Å²) in [5.41, 5.74) is 0.847. The molecule has 1 atom stereocenters. The van der Waals surface area contributed by atoms with Crippen LogP contribution in [0.15, 0.2) is 58.0 Å². The van der Waals surface area contributed by atoms with Gasteiger partial charge in [0.05, 0.1) is 11.4 Å². The Morgan fingerprint density at radius 2 is 1.80 bits per heavy atom. The van der Waals surface area contributed by atoms with Crippen LogP contribution >= 0.6 is 15.9 Å². The molecule has 1 amide bonds. The fourth-order valence-electron chi connectivity index (χ4n) is 2.59. The van der Waals surface area contributed by atoms with Crippen molar-refractivity contribution < 1.29 is 22.4 Å². The number of fused-ring (bicyclic) bond motifs is 1. The molecule has 1 heterocycles. The highest BCUT2D eigenvalue weighted by Gasteiger charge is 2.39. The Balaban J connectivity index is 2.22. The Hall–Kier alpha value is -2.22. The van der Waals surface area contributed by atoms with Crippen LogP contribution in [-0.2, 0) is 4.79 Å². The Bertz CT molecular complexity index is 836. The monoisotopic (exact) mass is 414 g/mol. The minimum absolute atomic E-state index is 0.0340. The van der Waals surface area contributed by atoms with Crippen molar-refractivity contribution in [3.05, 3.63) is 64.1 Å². The average molecular weight is 415 g/mol. The molecule has 0 N–H and O–H groups in total. The van der Waals surface area contributed by atoms with E-state index in [4.69, 9.17) is 0 Å². The van der Waals surface area contributed by atoms with Gasteiger partial charge in [-0.15, -0.1) is 0 Å². The summed E-state index contributed by atoms with van der Waals surface area (Å²) in [7, 11) is 0. The largest absolute Gasteiger partial charge is 0.406 e. The molecule has 130 valence electrons. The molecular weight excluding hydrogens is 404 g/mol. The number of hydrogen-bond acceptors (Lipinski definition) is 2. The highest BCUT2D eigenvalue weighted by Crippen LogP contribution is 2.33. The van der Waals surface area contributed by atoms with Gasteiger partial charge >= 0.3 is 6.18 Å². The summed E-state index contributed by atoms with van der Waals surface area (Å²) in [5, 5.41) is 0. The van der Waals surface area contributed by atoms with Crippen molar-refractivity contribution in [2.24, 2.45) is 4.99 Å². The number of carbonyl (C=O) groups is 1. The lowest BCUT2D eigenvalue weighted by atomic mass is 10.0. The smallest absolute Gasteiger partial charge is 0.298 e. The molecule has 3 nitrogen and oxygen atoms in total. The zero-order valence-corrected chi connectivity index (χ0v) is 14.2. The molecule has 1 aliphatic rings. The normalized spacial score (nSPS) is 17.8. The molecule has 1 unspecified atom stereocenters. The number of benzene rings is 2. The fourth-order valence-corrected chi connectivity index (χ4v) is 2.95. The van der Waals surface area contributed by atoms with Crippen LogP contribution in [0.1, 0.15) is 11.1 Å². The third-order valence-electron chi connectivity index (χ3n) is 3.60. The highest BCUT2D eigenvalue weighted by molar-refractivity contribution is 9.10. The third-order valence-corrected chi connectivity index (χ3v) is 4.09. The summed E-state index contributed by atoms with van der Waals surface area (Å²) in [4.78, 5) is 16.3. The van der Waals surface area contributed by atoms with E-state index in [1.165, 1.54) is 18.2 Å². The molecule has 8 heteroatoms. The van der Waals surface area contributed by atoms with Crippen LogP contribution in [0.3, 0.4) is 0 Å². The molecular formula is C17H11BrF4N2O. The van der Waals surface area contributed by atoms with Gasteiger partial charge in [0.25, 0.3) is 12.2 Å². The molecule has 0 fully saturated rings. The molecule has 1 aliphatic heterocycles. The second kappa shape index (κ2) is 6.59. The molecule has 0 saturated heterocycles. The number of halogens is 5. The minimum atomic E-state index is -4.67. The topological polar surface area (TPSA) is 32.7 Å². The molecule has 2 aromatic rings. The van der Waals surface area contributed by atoms with Gasteiger partial charge in [0.15, 0.2) is 0 Å². The molecule has 0 bridgehead atoms. The number of alkyl halides is 4. The Labute approximate surface area is 149 Å². The molecule has 0 aliphatic carbocycles. The Morgan fingerprint density at radius 1 is 1.12 bits per heavy atom. The molecule has 25 heavy (non-hydrogen) atoms. The van der Waals surface area contributed by atoms with Crippen molar-refractivity contribution in [2.75, 3.05) is 11.4 Å². The van der Waals surface area contributed by atoms with E-state index in [1.54, 1.807) is 30.3 Å². The van der Waals surface area contributed by atoms with Crippen LogP contribution in [0.5, 0.6) is 0 Å².